The second-order valence-corrected chi connectivity index (χ2v) is 6.01. The van der Waals surface area contributed by atoms with Crippen LogP contribution in [-0.2, 0) is 18.9 Å². The highest BCUT2D eigenvalue weighted by atomic mass is 16.5. The number of pyridine rings is 1. The molecule has 2 aromatic heterocycles. The number of nitrogens with one attached hydrogen (secondary N) is 1. The first kappa shape index (κ1) is 18.8. The third kappa shape index (κ3) is 3.61. The lowest BCUT2D eigenvalue weighted by Gasteiger charge is -2.09. The maximum atomic E-state index is 12.5. The van der Waals surface area contributed by atoms with E-state index in [-0.39, 0.29) is 23.3 Å². The number of nitrogens with two attached hydrogens (primary N) is 1. The molecule has 3 N–H and O–H groups in total. The van der Waals surface area contributed by atoms with Crippen LogP contribution in [0.2, 0.25) is 0 Å². The molecule has 0 saturated heterocycles. The molecule has 0 atom stereocenters. The van der Waals surface area contributed by atoms with E-state index in [0.717, 1.165) is 4.57 Å². The van der Waals surface area contributed by atoms with Gasteiger partial charge in [0.05, 0.1) is 5.39 Å². The van der Waals surface area contributed by atoms with Gasteiger partial charge in [-0.1, -0.05) is 0 Å². The number of nitrogens with zero attached hydrogens (tertiary/aromatic N) is 3. The minimum absolute atomic E-state index is 0.0461. The average Bonchev–Trinajstić information content (AvgIpc) is 2.69. The highest BCUT2D eigenvalue weighted by Gasteiger charge is 2.14. The fraction of sp³-hybridized carbons (Fsp3) is 0.167. The van der Waals surface area contributed by atoms with Crippen molar-refractivity contribution in [3.8, 4) is 5.75 Å². The molecule has 0 spiro atoms. The molecule has 0 radical (unpaired) electrons. The van der Waals surface area contributed by atoms with E-state index in [1.165, 1.54) is 30.8 Å². The first-order valence-electron chi connectivity index (χ1n) is 8.17. The van der Waals surface area contributed by atoms with Crippen molar-refractivity contribution in [3.05, 3.63) is 62.9 Å². The van der Waals surface area contributed by atoms with E-state index in [9.17, 15) is 19.2 Å². The number of rotatable bonds is 5. The van der Waals surface area contributed by atoms with Crippen molar-refractivity contribution in [2.75, 3.05) is 11.9 Å². The smallest absolute Gasteiger partial charge is 0.332 e. The third-order valence-electron chi connectivity index (χ3n) is 4.03. The summed E-state index contributed by atoms with van der Waals surface area (Å²) in [6.07, 6.45) is 0. The number of fused-ring (bicyclic) bond motifs is 1. The van der Waals surface area contributed by atoms with Crippen molar-refractivity contribution in [2.24, 2.45) is 19.8 Å². The molecule has 0 aliphatic rings. The fourth-order valence-electron chi connectivity index (χ4n) is 2.56. The average molecular weight is 383 g/mol. The van der Waals surface area contributed by atoms with Gasteiger partial charge in [0.1, 0.15) is 17.1 Å². The predicted octanol–water partition coefficient (Wildman–Crippen LogP) is -0.251. The summed E-state index contributed by atoms with van der Waals surface area (Å²) < 4.78 is 7.33. The summed E-state index contributed by atoms with van der Waals surface area (Å²) in [7, 11) is 2.85. The lowest BCUT2D eigenvalue weighted by atomic mass is 10.2. The Morgan fingerprint density at radius 3 is 2.39 bits per heavy atom. The van der Waals surface area contributed by atoms with Crippen LogP contribution in [0.3, 0.4) is 0 Å². The van der Waals surface area contributed by atoms with Gasteiger partial charge in [0.15, 0.2) is 6.61 Å². The topological polar surface area (TPSA) is 138 Å². The first-order valence-corrected chi connectivity index (χ1v) is 8.17. The highest BCUT2D eigenvalue weighted by molar-refractivity contribution is 6.03. The Labute approximate surface area is 158 Å². The summed E-state index contributed by atoms with van der Waals surface area (Å²) in [6.45, 7) is -0.245. The molecule has 0 aliphatic carbocycles. The quantitative estimate of drug-likeness (QED) is 0.623. The van der Waals surface area contributed by atoms with Gasteiger partial charge in [0.25, 0.3) is 17.4 Å². The van der Waals surface area contributed by atoms with E-state index < -0.39 is 23.1 Å². The predicted molar refractivity (Wildman–Crippen MR) is 101 cm³/mol. The van der Waals surface area contributed by atoms with E-state index in [1.54, 1.807) is 24.3 Å². The van der Waals surface area contributed by atoms with Crippen LogP contribution in [0.5, 0.6) is 5.75 Å². The summed E-state index contributed by atoms with van der Waals surface area (Å²) in [5, 5.41) is 2.89. The molecule has 0 unspecified atom stereocenters. The van der Waals surface area contributed by atoms with Crippen LogP contribution in [0.25, 0.3) is 11.0 Å². The van der Waals surface area contributed by atoms with Crippen LogP contribution in [0.15, 0.2) is 46.0 Å². The Morgan fingerprint density at radius 2 is 1.75 bits per heavy atom. The van der Waals surface area contributed by atoms with Crippen LogP contribution >= 0.6 is 0 Å². The van der Waals surface area contributed by atoms with Crippen molar-refractivity contribution in [1.29, 1.82) is 0 Å². The molecule has 28 heavy (non-hydrogen) atoms. The zero-order chi connectivity index (χ0) is 20.4. The zero-order valence-corrected chi connectivity index (χ0v) is 15.1. The lowest BCUT2D eigenvalue weighted by Crippen LogP contribution is -2.37. The molecule has 10 heteroatoms. The van der Waals surface area contributed by atoms with Gasteiger partial charge in [-0.05, 0) is 36.4 Å². The number of ether oxygens (including phenoxy) is 1. The Balaban J connectivity index is 1.85. The number of aryl methyl sites for hydroxylation is 1. The number of aromatic nitrogens is 3. The normalized spacial score (nSPS) is 10.6. The van der Waals surface area contributed by atoms with Crippen LogP contribution in [-0.4, -0.2) is 32.5 Å². The Morgan fingerprint density at radius 1 is 1.07 bits per heavy atom. The van der Waals surface area contributed by atoms with Crippen molar-refractivity contribution in [2.45, 2.75) is 0 Å². The number of primary amides is 1. The molecule has 0 aliphatic heterocycles. The number of benzene rings is 1. The summed E-state index contributed by atoms with van der Waals surface area (Å²) in [6, 6.07) is 9.18. The Bertz CT molecular complexity index is 1190. The molecule has 3 rings (SSSR count). The van der Waals surface area contributed by atoms with Crippen LogP contribution < -0.4 is 27.0 Å². The van der Waals surface area contributed by atoms with Crippen LogP contribution in [0.1, 0.15) is 10.5 Å². The summed E-state index contributed by atoms with van der Waals surface area (Å²) in [4.78, 5) is 51.6. The van der Waals surface area contributed by atoms with Gasteiger partial charge in [0.2, 0.25) is 0 Å². The van der Waals surface area contributed by atoms with E-state index in [0.29, 0.717) is 11.4 Å². The minimum Gasteiger partial charge on any atom is -0.484 e. The second-order valence-electron chi connectivity index (χ2n) is 6.01. The van der Waals surface area contributed by atoms with E-state index in [2.05, 4.69) is 10.3 Å². The van der Waals surface area contributed by atoms with Gasteiger partial charge < -0.3 is 15.8 Å². The molecular formula is C18H17N5O5. The van der Waals surface area contributed by atoms with Gasteiger partial charge in [-0.2, -0.15) is 0 Å². The fourth-order valence-corrected chi connectivity index (χ4v) is 2.56. The number of amides is 2. The van der Waals surface area contributed by atoms with Gasteiger partial charge in [0, 0.05) is 19.8 Å². The molecule has 2 amide bonds. The zero-order valence-electron chi connectivity index (χ0n) is 15.1. The van der Waals surface area contributed by atoms with Gasteiger partial charge in [-0.25, -0.2) is 9.78 Å². The van der Waals surface area contributed by atoms with Crippen molar-refractivity contribution in [1.82, 2.24) is 14.1 Å². The molecule has 144 valence electrons. The van der Waals surface area contributed by atoms with Gasteiger partial charge in [-0.3, -0.25) is 23.5 Å². The van der Waals surface area contributed by atoms with E-state index in [1.807, 2.05) is 0 Å². The number of carbonyl (C=O) groups is 2. The molecule has 1 aromatic carbocycles. The maximum Gasteiger partial charge on any atom is 0.332 e. The Hall–Kier alpha value is -3.95. The monoisotopic (exact) mass is 383 g/mol. The second kappa shape index (κ2) is 7.35. The number of hydrogen-bond donors (Lipinski definition) is 2. The van der Waals surface area contributed by atoms with Crippen LogP contribution in [0.4, 0.5) is 5.69 Å². The van der Waals surface area contributed by atoms with Crippen molar-refractivity contribution in [3.63, 3.8) is 0 Å². The van der Waals surface area contributed by atoms with Gasteiger partial charge in [-0.15, -0.1) is 0 Å². The molecule has 0 saturated carbocycles. The highest BCUT2D eigenvalue weighted by Crippen LogP contribution is 2.16. The minimum atomic E-state index is -0.594. The standard InChI is InChI=1S/C18H17N5O5/c1-22-15-12(17(26)23(2)18(22)27)7-8-13(21-15)16(25)20-10-3-5-11(6-4-10)28-9-14(19)24/h3-8H,9H2,1-2H3,(H2,19,24)(H,20,25). The number of anilines is 1. The Kier molecular flexibility index (Phi) is 4.94. The lowest BCUT2D eigenvalue weighted by molar-refractivity contribution is -0.119. The van der Waals surface area contributed by atoms with E-state index >= 15 is 0 Å². The molecule has 0 bridgehead atoms. The SMILES string of the molecule is Cn1c(=O)c2ccc(C(=O)Nc3ccc(OCC(N)=O)cc3)nc2n(C)c1=O. The van der Waals surface area contributed by atoms with E-state index in [4.69, 9.17) is 10.5 Å². The third-order valence-corrected chi connectivity index (χ3v) is 4.03. The van der Waals surface area contributed by atoms with Crippen molar-refractivity contribution < 1.29 is 14.3 Å². The molecular weight excluding hydrogens is 366 g/mol. The first-order chi connectivity index (χ1) is 13.3. The summed E-state index contributed by atoms with van der Waals surface area (Å²) in [5.41, 5.74) is 4.63. The summed E-state index contributed by atoms with van der Waals surface area (Å²) in [5.74, 6) is -0.684. The van der Waals surface area contributed by atoms with Crippen LogP contribution in [0, 0.1) is 0 Å². The molecule has 0 fully saturated rings. The van der Waals surface area contributed by atoms with Crippen molar-refractivity contribution >= 4 is 28.5 Å². The largest absolute Gasteiger partial charge is 0.484 e. The molecule has 10 nitrogen and oxygen atoms in total. The maximum absolute atomic E-state index is 12.5. The summed E-state index contributed by atoms with van der Waals surface area (Å²) >= 11 is 0. The molecule has 2 heterocycles. The number of carbonyl (C=O) groups excluding carboxylic acids is 2. The van der Waals surface area contributed by atoms with Gasteiger partial charge >= 0.3 is 5.69 Å². The molecule has 3 aromatic rings. The number of hydrogen-bond acceptors (Lipinski definition) is 6.